The number of rotatable bonds is 9. The van der Waals surface area contributed by atoms with Gasteiger partial charge in [-0.3, -0.25) is 4.79 Å². The van der Waals surface area contributed by atoms with Crippen molar-refractivity contribution < 1.29 is 27.3 Å². The molecule has 2 aliphatic rings. The van der Waals surface area contributed by atoms with Gasteiger partial charge in [-0.15, -0.1) is 0 Å². The van der Waals surface area contributed by atoms with E-state index in [1.54, 1.807) is 28.6 Å². The van der Waals surface area contributed by atoms with E-state index in [1.165, 1.54) is 12.5 Å². The molecule has 3 aromatic rings. The molecule has 1 fully saturated rings. The summed E-state index contributed by atoms with van der Waals surface area (Å²) >= 11 is 0. The second-order valence-corrected chi connectivity index (χ2v) is 11.8. The third-order valence-electron chi connectivity index (χ3n) is 7.02. The second kappa shape index (κ2) is 10.6. The van der Waals surface area contributed by atoms with Crippen LogP contribution < -0.4 is 15.0 Å². The molecule has 2 atom stereocenters. The first-order valence-corrected chi connectivity index (χ1v) is 14.0. The Morgan fingerprint density at radius 2 is 2.00 bits per heavy atom. The minimum Gasteiger partial charge on any atom is -0.491 e. The molecular formula is C27H30N4O6S. The highest BCUT2D eigenvalue weighted by atomic mass is 32.2. The number of nitrogens with one attached hydrogen (secondary N) is 1. The molecule has 0 spiro atoms. The molecule has 2 unspecified atom stereocenters. The van der Waals surface area contributed by atoms with Crippen molar-refractivity contribution in [2.24, 2.45) is 5.92 Å². The van der Waals surface area contributed by atoms with Crippen molar-refractivity contribution >= 4 is 33.6 Å². The first kappa shape index (κ1) is 25.9. The van der Waals surface area contributed by atoms with E-state index in [1.807, 2.05) is 36.9 Å². The lowest BCUT2D eigenvalue weighted by atomic mass is 9.87. The largest absolute Gasteiger partial charge is 0.491 e. The van der Waals surface area contributed by atoms with E-state index in [2.05, 4.69) is 10.5 Å². The van der Waals surface area contributed by atoms with Crippen molar-refractivity contribution in [1.29, 1.82) is 0 Å². The average molecular weight is 539 g/mol. The van der Waals surface area contributed by atoms with Crippen LogP contribution in [0, 0.1) is 5.92 Å². The second-order valence-electron chi connectivity index (χ2n) is 9.87. The Bertz CT molecular complexity index is 1410. The molecule has 0 radical (unpaired) electrons. The third-order valence-corrected chi connectivity index (χ3v) is 8.90. The Balaban J connectivity index is 1.32. The summed E-state index contributed by atoms with van der Waals surface area (Å²) in [5.41, 5.74) is 2.82. The molecule has 1 saturated heterocycles. The zero-order valence-electron chi connectivity index (χ0n) is 21.2. The number of nitrogens with zero attached hydrogens (tertiary/aromatic N) is 3. The number of aldehydes is 1. The minimum atomic E-state index is -3.64. The molecule has 10 nitrogen and oxygen atoms in total. The molecule has 1 amide bonds. The number of fused-ring (bicyclic) bond motifs is 1. The standard InChI is InChI=1S/C27H30N4O6S/c1-18(2)37-22-4-6-23(7-5-22)38(34,35)31-10-9-19(15-31)25-16-30(11-12-32)26-13-21(3-8-24(25)26)29-27(33)20-14-28-36-17-20/h3-8,12-14,17-19,25H,9-11,15-16H2,1-2H3,(H,29,33). The normalized spacial score (nSPS) is 19.5. The number of carbonyl (C=O) groups is 2. The molecule has 0 bridgehead atoms. The van der Waals surface area contributed by atoms with Gasteiger partial charge in [0.25, 0.3) is 5.91 Å². The molecule has 1 aromatic heterocycles. The summed E-state index contributed by atoms with van der Waals surface area (Å²) in [4.78, 5) is 26.1. The molecule has 0 saturated carbocycles. The monoisotopic (exact) mass is 538 g/mol. The summed E-state index contributed by atoms with van der Waals surface area (Å²) in [7, 11) is -3.64. The number of sulfonamides is 1. The third kappa shape index (κ3) is 5.16. The zero-order valence-corrected chi connectivity index (χ0v) is 22.1. The maximum Gasteiger partial charge on any atom is 0.260 e. The van der Waals surface area contributed by atoms with E-state index in [4.69, 9.17) is 9.26 Å². The number of anilines is 2. The fourth-order valence-corrected chi connectivity index (χ4v) is 6.75. The Hall–Kier alpha value is -3.70. The van der Waals surface area contributed by atoms with Crippen LogP contribution in [0.5, 0.6) is 5.75 Å². The quantitative estimate of drug-likeness (QED) is 0.411. The van der Waals surface area contributed by atoms with Crippen LogP contribution in [0.1, 0.15) is 42.1 Å². The zero-order chi connectivity index (χ0) is 26.9. The van der Waals surface area contributed by atoms with Gasteiger partial charge < -0.3 is 24.3 Å². The predicted octanol–water partition coefficient (Wildman–Crippen LogP) is 3.53. The molecule has 2 aliphatic heterocycles. The van der Waals surface area contributed by atoms with Gasteiger partial charge in [-0.25, -0.2) is 8.42 Å². The van der Waals surface area contributed by atoms with Crippen LogP contribution in [-0.2, 0) is 14.8 Å². The molecule has 3 heterocycles. The van der Waals surface area contributed by atoms with Crippen LogP contribution in [0.25, 0.3) is 0 Å². The number of hydrogen-bond donors (Lipinski definition) is 1. The SMILES string of the molecule is CC(C)Oc1ccc(S(=O)(=O)N2CCC(C3CN(CC=O)c4cc(NC(=O)c5cnoc5)ccc43)C2)cc1. The lowest BCUT2D eigenvalue weighted by Gasteiger charge is -2.21. The van der Waals surface area contributed by atoms with Gasteiger partial charge in [-0.2, -0.15) is 4.31 Å². The van der Waals surface area contributed by atoms with Crippen molar-refractivity contribution in [2.45, 2.75) is 37.2 Å². The van der Waals surface area contributed by atoms with Crippen molar-refractivity contribution in [1.82, 2.24) is 9.46 Å². The molecule has 2 aromatic carbocycles. The Kier molecular flexibility index (Phi) is 7.22. The van der Waals surface area contributed by atoms with Crippen LogP contribution in [0.2, 0.25) is 0 Å². The van der Waals surface area contributed by atoms with Gasteiger partial charge in [0.1, 0.15) is 18.3 Å². The maximum absolute atomic E-state index is 13.4. The Morgan fingerprint density at radius 3 is 2.68 bits per heavy atom. The number of hydrogen-bond acceptors (Lipinski definition) is 8. The summed E-state index contributed by atoms with van der Waals surface area (Å²) in [5, 5.41) is 6.38. The summed E-state index contributed by atoms with van der Waals surface area (Å²) in [6, 6.07) is 12.2. The van der Waals surface area contributed by atoms with E-state index in [9.17, 15) is 18.0 Å². The Labute approximate surface area is 221 Å². The van der Waals surface area contributed by atoms with Crippen LogP contribution >= 0.6 is 0 Å². The van der Waals surface area contributed by atoms with E-state index < -0.39 is 10.0 Å². The summed E-state index contributed by atoms with van der Waals surface area (Å²) in [5.74, 6) is 0.451. The van der Waals surface area contributed by atoms with Crippen LogP contribution in [0.15, 0.2) is 64.3 Å². The smallest absolute Gasteiger partial charge is 0.260 e. The number of carbonyl (C=O) groups excluding carboxylic acids is 2. The number of aromatic nitrogens is 1. The summed E-state index contributed by atoms with van der Waals surface area (Å²) < 4.78 is 38.6. The molecule has 11 heteroatoms. The Morgan fingerprint density at radius 1 is 1.21 bits per heavy atom. The molecule has 200 valence electrons. The number of amides is 1. The van der Waals surface area contributed by atoms with Crippen LogP contribution in [0.4, 0.5) is 11.4 Å². The molecule has 1 N–H and O–H groups in total. The van der Waals surface area contributed by atoms with E-state index in [-0.39, 0.29) is 35.3 Å². The van der Waals surface area contributed by atoms with E-state index in [0.29, 0.717) is 36.6 Å². The molecule has 5 rings (SSSR count). The average Bonchev–Trinajstić information content (AvgIpc) is 3.65. The predicted molar refractivity (Wildman–Crippen MR) is 141 cm³/mol. The van der Waals surface area contributed by atoms with Gasteiger partial charge in [0.05, 0.1) is 29.3 Å². The fourth-order valence-electron chi connectivity index (χ4n) is 5.24. The van der Waals surface area contributed by atoms with Crippen molar-refractivity contribution in [2.75, 3.05) is 36.4 Å². The van der Waals surface area contributed by atoms with Gasteiger partial charge in [-0.1, -0.05) is 11.2 Å². The van der Waals surface area contributed by atoms with E-state index in [0.717, 1.165) is 24.0 Å². The van der Waals surface area contributed by atoms with Gasteiger partial charge in [-0.05, 0) is 68.1 Å². The number of ether oxygens (including phenoxy) is 1. The van der Waals surface area contributed by atoms with Crippen molar-refractivity contribution in [3.8, 4) is 5.75 Å². The van der Waals surface area contributed by atoms with Crippen LogP contribution in [0.3, 0.4) is 0 Å². The van der Waals surface area contributed by atoms with Crippen molar-refractivity contribution in [3.63, 3.8) is 0 Å². The topological polar surface area (TPSA) is 122 Å². The van der Waals surface area contributed by atoms with Gasteiger partial charge in [0.15, 0.2) is 0 Å². The first-order valence-electron chi connectivity index (χ1n) is 12.6. The van der Waals surface area contributed by atoms with Crippen LogP contribution in [-0.4, -0.2) is 62.4 Å². The minimum absolute atomic E-state index is 0.00552. The first-order chi connectivity index (χ1) is 18.3. The van der Waals surface area contributed by atoms with Gasteiger partial charge in [0.2, 0.25) is 10.0 Å². The van der Waals surface area contributed by atoms with E-state index >= 15 is 0 Å². The lowest BCUT2D eigenvalue weighted by molar-refractivity contribution is -0.106. The number of benzene rings is 2. The van der Waals surface area contributed by atoms with Gasteiger partial charge >= 0.3 is 0 Å². The molecule has 38 heavy (non-hydrogen) atoms. The van der Waals surface area contributed by atoms with Crippen molar-refractivity contribution in [3.05, 3.63) is 66.1 Å². The highest BCUT2D eigenvalue weighted by Crippen LogP contribution is 2.45. The fraction of sp³-hybridized carbons (Fsp3) is 0.370. The highest BCUT2D eigenvalue weighted by Gasteiger charge is 2.41. The van der Waals surface area contributed by atoms with Gasteiger partial charge in [0, 0.05) is 36.9 Å². The summed E-state index contributed by atoms with van der Waals surface area (Å²) in [6.07, 6.45) is 4.19. The lowest BCUT2D eigenvalue weighted by Crippen LogP contribution is -2.31. The highest BCUT2D eigenvalue weighted by molar-refractivity contribution is 7.89. The molecular weight excluding hydrogens is 508 g/mol. The summed E-state index contributed by atoms with van der Waals surface area (Å²) in [6.45, 7) is 5.49. The molecule has 0 aliphatic carbocycles. The maximum atomic E-state index is 13.4.